The van der Waals surface area contributed by atoms with Crippen LogP contribution in [-0.2, 0) is 0 Å². The maximum atomic E-state index is 5.30. The first-order valence-electron chi connectivity index (χ1n) is 1.80. The van der Waals surface area contributed by atoms with Gasteiger partial charge in [-0.2, -0.15) is 0 Å². The Labute approximate surface area is 46.1 Å². The van der Waals surface area contributed by atoms with Gasteiger partial charge in [0.2, 0.25) is 0 Å². The lowest BCUT2D eigenvalue weighted by atomic mass is 10.5. The van der Waals surface area contributed by atoms with Crippen LogP contribution in [0.25, 0.3) is 0 Å². The van der Waals surface area contributed by atoms with Crippen LogP contribution in [-0.4, -0.2) is 5.16 Å². The molecular formula is C4H3ClNO. The Hall–Kier alpha value is -0.500. The van der Waals surface area contributed by atoms with E-state index >= 15 is 0 Å². The zero-order chi connectivity index (χ0) is 5.28. The van der Waals surface area contributed by atoms with E-state index in [9.17, 15) is 0 Å². The van der Waals surface area contributed by atoms with Gasteiger partial charge in [-0.1, -0.05) is 16.8 Å². The Morgan fingerprint density at radius 3 is 2.71 bits per heavy atom. The Bertz CT molecular complexity index is 144. The zero-order valence-corrected chi connectivity index (χ0v) is 4.49. The maximum absolute atomic E-state index is 5.30. The number of nitrogens with zero attached hydrogens (tertiary/aromatic N) is 1. The van der Waals surface area contributed by atoms with Crippen molar-refractivity contribution in [3.05, 3.63) is 17.0 Å². The molecule has 0 atom stereocenters. The van der Waals surface area contributed by atoms with Gasteiger partial charge in [0.25, 0.3) is 0 Å². The van der Waals surface area contributed by atoms with Crippen molar-refractivity contribution in [3.63, 3.8) is 0 Å². The smallest absolute Gasteiger partial charge is 0.180 e. The van der Waals surface area contributed by atoms with Crippen LogP contribution in [0.3, 0.4) is 0 Å². The molecule has 2 nitrogen and oxygen atoms in total. The van der Waals surface area contributed by atoms with E-state index in [1.807, 2.05) is 0 Å². The summed E-state index contributed by atoms with van der Waals surface area (Å²) in [7, 11) is 0. The molecule has 0 aliphatic carbocycles. The van der Waals surface area contributed by atoms with Crippen LogP contribution in [0.1, 0.15) is 5.76 Å². The Kier molecular flexibility index (Phi) is 1.02. The molecule has 1 rings (SSSR count). The van der Waals surface area contributed by atoms with E-state index in [1.54, 1.807) is 6.92 Å². The molecule has 0 N–H and O–H groups in total. The van der Waals surface area contributed by atoms with Crippen molar-refractivity contribution in [2.75, 3.05) is 0 Å². The highest BCUT2D eigenvalue weighted by Crippen LogP contribution is 2.04. The van der Waals surface area contributed by atoms with Crippen molar-refractivity contribution in [2.45, 2.75) is 6.92 Å². The molecule has 1 aromatic rings. The molecule has 37 valence electrons. The first kappa shape index (κ1) is 4.65. The molecular weight excluding hydrogens is 114 g/mol. The maximum Gasteiger partial charge on any atom is 0.180 e. The summed E-state index contributed by atoms with van der Waals surface area (Å²) in [6.45, 7) is 1.74. The number of rotatable bonds is 0. The van der Waals surface area contributed by atoms with Crippen LogP contribution < -0.4 is 0 Å². The van der Waals surface area contributed by atoms with Gasteiger partial charge in [-0.15, -0.1) is 0 Å². The first-order chi connectivity index (χ1) is 3.29. The van der Waals surface area contributed by atoms with Crippen molar-refractivity contribution in [1.29, 1.82) is 0 Å². The summed E-state index contributed by atoms with van der Waals surface area (Å²) in [5.41, 5.74) is 0. The third kappa shape index (κ3) is 0.933. The second-order valence-electron chi connectivity index (χ2n) is 1.15. The molecule has 0 saturated carbocycles. The van der Waals surface area contributed by atoms with Gasteiger partial charge in [-0.3, -0.25) is 0 Å². The number of halogens is 1. The van der Waals surface area contributed by atoms with Crippen molar-refractivity contribution in [2.24, 2.45) is 0 Å². The molecule has 1 radical (unpaired) electrons. The second-order valence-corrected chi connectivity index (χ2v) is 1.51. The normalized spacial score (nSPS) is 9.43. The summed E-state index contributed by atoms with van der Waals surface area (Å²) < 4.78 is 4.53. The van der Waals surface area contributed by atoms with Crippen molar-refractivity contribution >= 4 is 11.6 Å². The third-order valence-electron chi connectivity index (χ3n) is 0.542. The van der Waals surface area contributed by atoms with Gasteiger partial charge in [0.15, 0.2) is 5.15 Å². The SMILES string of the molecule is Cc1[c]c(Cl)no1. The molecule has 0 aromatic carbocycles. The Morgan fingerprint density at radius 1 is 1.86 bits per heavy atom. The molecule has 0 aliphatic rings. The minimum absolute atomic E-state index is 0.289. The highest BCUT2D eigenvalue weighted by Gasteiger charge is 1.92. The zero-order valence-electron chi connectivity index (χ0n) is 3.73. The number of hydrogen-bond acceptors (Lipinski definition) is 2. The van der Waals surface area contributed by atoms with Crippen molar-refractivity contribution in [1.82, 2.24) is 5.16 Å². The van der Waals surface area contributed by atoms with Crippen molar-refractivity contribution < 1.29 is 4.52 Å². The number of hydrogen-bond donors (Lipinski definition) is 0. The summed E-state index contributed by atoms with van der Waals surface area (Å²) in [5, 5.41) is 3.64. The fraction of sp³-hybridized carbons (Fsp3) is 0.250. The van der Waals surface area contributed by atoms with Crippen molar-refractivity contribution in [3.8, 4) is 0 Å². The van der Waals surface area contributed by atoms with E-state index in [0.29, 0.717) is 5.76 Å². The van der Waals surface area contributed by atoms with E-state index in [-0.39, 0.29) is 5.15 Å². The average molecular weight is 117 g/mol. The van der Waals surface area contributed by atoms with E-state index < -0.39 is 0 Å². The minimum atomic E-state index is 0.289. The molecule has 3 heteroatoms. The fourth-order valence-corrected chi connectivity index (χ4v) is 0.467. The highest BCUT2D eigenvalue weighted by atomic mass is 35.5. The molecule has 0 fully saturated rings. The van der Waals surface area contributed by atoms with E-state index in [2.05, 4.69) is 15.7 Å². The van der Waals surface area contributed by atoms with Crippen LogP contribution in [0.15, 0.2) is 4.52 Å². The van der Waals surface area contributed by atoms with E-state index in [1.165, 1.54) is 0 Å². The molecule has 0 spiro atoms. The summed E-state index contributed by atoms with van der Waals surface area (Å²) in [6, 6.07) is 2.63. The molecule has 1 heterocycles. The summed E-state index contributed by atoms with van der Waals surface area (Å²) in [5.74, 6) is 0.616. The summed E-state index contributed by atoms with van der Waals surface area (Å²) in [4.78, 5) is 0. The Balaban J connectivity index is 3.04. The quantitative estimate of drug-likeness (QED) is 0.513. The lowest BCUT2D eigenvalue weighted by Crippen LogP contribution is -1.51. The van der Waals surface area contributed by atoms with Gasteiger partial charge >= 0.3 is 0 Å². The largest absolute Gasteiger partial charge is 0.359 e. The van der Waals surface area contributed by atoms with Gasteiger partial charge in [-0.25, -0.2) is 0 Å². The Morgan fingerprint density at radius 2 is 2.57 bits per heavy atom. The molecule has 0 saturated heterocycles. The number of aromatic nitrogens is 1. The monoisotopic (exact) mass is 116 g/mol. The number of aryl methyl sites for hydroxylation is 1. The topological polar surface area (TPSA) is 26.0 Å². The van der Waals surface area contributed by atoms with Gasteiger partial charge in [0, 0.05) is 0 Å². The predicted molar refractivity (Wildman–Crippen MR) is 25.1 cm³/mol. The lowest BCUT2D eigenvalue weighted by Gasteiger charge is -1.64. The molecule has 7 heavy (non-hydrogen) atoms. The van der Waals surface area contributed by atoms with Gasteiger partial charge in [0.1, 0.15) is 5.76 Å². The van der Waals surface area contributed by atoms with Crippen LogP contribution in [0.5, 0.6) is 0 Å². The van der Waals surface area contributed by atoms with E-state index in [0.717, 1.165) is 0 Å². The third-order valence-corrected chi connectivity index (χ3v) is 0.705. The summed E-state index contributed by atoms with van der Waals surface area (Å²) in [6.07, 6.45) is 0. The second kappa shape index (κ2) is 1.54. The van der Waals surface area contributed by atoms with Crippen LogP contribution in [0.2, 0.25) is 5.15 Å². The fourth-order valence-electron chi connectivity index (χ4n) is 0.299. The average Bonchev–Trinajstić information content (AvgIpc) is 1.87. The molecule has 0 bridgehead atoms. The molecule has 0 unspecified atom stereocenters. The standard InChI is InChI=1S/C4H3ClNO/c1-3-2-4(5)6-7-3/h1H3. The minimum Gasteiger partial charge on any atom is -0.359 e. The van der Waals surface area contributed by atoms with Gasteiger partial charge in [0.05, 0.1) is 6.07 Å². The van der Waals surface area contributed by atoms with Crippen LogP contribution in [0, 0.1) is 13.0 Å². The van der Waals surface area contributed by atoms with Gasteiger partial charge in [-0.05, 0) is 6.92 Å². The molecule has 0 amide bonds. The van der Waals surface area contributed by atoms with Gasteiger partial charge < -0.3 is 4.52 Å². The lowest BCUT2D eigenvalue weighted by molar-refractivity contribution is 0.397. The summed E-state index contributed by atoms with van der Waals surface area (Å²) >= 11 is 5.30. The van der Waals surface area contributed by atoms with Crippen LogP contribution in [0.4, 0.5) is 0 Å². The highest BCUT2D eigenvalue weighted by molar-refractivity contribution is 6.29. The van der Waals surface area contributed by atoms with E-state index in [4.69, 9.17) is 11.6 Å². The first-order valence-corrected chi connectivity index (χ1v) is 2.18. The molecule has 0 aliphatic heterocycles. The predicted octanol–water partition coefficient (Wildman–Crippen LogP) is 1.44. The molecule has 1 aromatic heterocycles. The van der Waals surface area contributed by atoms with Crippen LogP contribution >= 0.6 is 11.6 Å².